The predicted octanol–water partition coefficient (Wildman–Crippen LogP) is 3.97. The fraction of sp³-hybridized carbons (Fsp3) is 0.188. The number of benzene rings is 2. The summed E-state index contributed by atoms with van der Waals surface area (Å²) in [5.74, 6) is -0.00309. The molecule has 0 aliphatic heterocycles. The predicted molar refractivity (Wildman–Crippen MR) is 85.5 cm³/mol. The highest BCUT2D eigenvalue weighted by Crippen LogP contribution is 2.33. The molecule has 1 amide bonds. The van der Waals surface area contributed by atoms with Gasteiger partial charge in [0, 0.05) is 6.54 Å². The molecule has 0 fully saturated rings. The molecule has 2 aromatic rings. The van der Waals surface area contributed by atoms with Crippen LogP contribution in [0.1, 0.15) is 15.9 Å². The lowest BCUT2D eigenvalue weighted by atomic mass is 10.1. The van der Waals surface area contributed by atoms with Crippen molar-refractivity contribution in [1.29, 1.82) is 0 Å². The third kappa shape index (κ3) is 3.90. The molecule has 0 heterocycles. The Morgan fingerprint density at radius 1 is 1.10 bits per heavy atom. The van der Waals surface area contributed by atoms with Crippen molar-refractivity contribution in [3.8, 4) is 5.75 Å². The van der Waals surface area contributed by atoms with Gasteiger partial charge in [-0.3, -0.25) is 4.79 Å². The first kappa shape index (κ1) is 15.7. The van der Waals surface area contributed by atoms with Gasteiger partial charge in [-0.05, 0) is 24.1 Å². The minimum Gasteiger partial charge on any atom is -0.494 e. The van der Waals surface area contributed by atoms with Crippen molar-refractivity contribution in [3.63, 3.8) is 0 Å². The van der Waals surface area contributed by atoms with E-state index in [0.717, 1.165) is 12.0 Å². The van der Waals surface area contributed by atoms with E-state index in [9.17, 15) is 4.79 Å². The smallest absolute Gasteiger partial charge is 0.256 e. The van der Waals surface area contributed by atoms with Crippen LogP contribution in [0.3, 0.4) is 0 Å². The van der Waals surface area contributed by atoms with Gasteiger partial charge in [-0.2, -0.15) is 0 Å². The average molecular weight is 324 g/mol. The summed E-state index contributed by atoms with van der Waals surface area (Å²) < 4.78 is 5.17. The Hall–Kier alpha value is -1.71. The Bertz CT molecular complexity index is 630. The molecular formula is C16H15Cl2NO2. The first-order chi connectivity index (χ1) is 10.1. The number of nitrogens with one attached hydrogen (secondary N) is 1. The van der Waals surface area contributed by atoms with Crippen molar-refractivity contribution in [1.82, 2.24) is 5.32 Å². The molecule has 0 aromatic heterocycles. The molecule has 0 atom stereocenters. The fourth-order valence-electron chi connectivity index (χ4n) is 2.00. The van der Waals surface area contributed by atoms with Crippen molar-refractivity contribution in [2.24, 2.45) is 0 Å². The molecule has 0 aliphatic rings. The summed E-state index contributed by atoms with van der Waals surface area (Å²) in [6, 6.07) is 13.1. The van der Waals surface area contributed by atoms with E-state index in [0.29, 0.717) is 22.3 Å². The van der Waals surface area contributed by atoms with E-state index in [2.05, 4.69) is 5.32 Å². The van der Waals surface area contributed by atoms with Crippen molar-refractivity contribution >= 4 is 29.1 Å². The second-order valence-corrected chi connectivity index (χ2v) is 5.24. The molecule has 0 spiro atoms. The van der Waals surface area contributed by atoms with Gasteiger partial charge in [0.05, 0.1) is 17.2 Å². The quantitative estimate of drug-likeness (QED) is 0.904. The van der Waals surface area contributed by atoms with Crippen LogP contribution >= 0.6 is 23.2 Å². The second kappa shape index (κ2) is 7.34. The molecule has 0 saturated carbocycles. The lowest BCUT2D eigenvalue weighted by Gasteiger charge is -2.12. The summed E-state index contributed by atoms with van der Waals surface area (Å²) >= 11 is 12.1. The Morgan fingerprint density at radius 2 is 1.76 bits per heavy atom. The van der Waals surface area contributed by atoms with Crippen LogP contribution in [0.2, 0.25) is 10.0 Å². The third-order valence-corrected chi connectivity index (χ3v) is 3.64. The minimum atomic E-state index is -0.296. The monoisotopic (exact) mass is 323 g/mol. The maximum atomic E-state index is 12.3. The van der Waals surface area contributed by atoms with Crippen LogP contribution in [0, 0.1) is 0 Å². The summed E-state index contributed by atoms with van der Waals surface area (Å²) in [6.07, 6.45) is 0.743. The van der Waals surface area contributed by atoms with Gasteiger partial charge in [0.25, 0.3) is 5.91 Å². The molecular weight excluding hydrogens is 309 g/mol. The molecule has 110 valence electrons. The molecule has 5 heteroatoms. The number of hydrogen-bond acceptors (Lipinski definition) is 2. The molecule has 0 radical (unpaired) electrons. The largest absolute Gasteiger partial charge is 0.494 e. The topological polar surface area (TPSA) is 38.3 Å². The molecule has 1 N–H and O–H groups in total. The first-order valence-electron chi connectivity index (χ1n) is 6.47. The van der Waals surface area contributed by atoms with Gasteiger partial charge in [0.15, 0.2) is 5.75 Å². The minimum absolute atomic E-state index is 0.264. The molecule has 0 unspecified atom stereocenters. The van der Waals surface area contributed by atoms with E-state index >= 15 is 0 Å². The number of hydrogen-bond donors (Lipinski definition) is 1. The Kier molecular flexibility index (Phi) is 5.48. The Balaban J connectivity index is 2.05. The van der Waals surface area contributed by atoms with Gasteiger partial charge < -0.3 is 10.1 Å². The standard InChI is InChI=1S/C16H15Cl2NO2/c1-21-15-13(18)8-7-12(17)14(15)16(20)19-10-9-11-5-3-2-4-6-11/h2-8H,9-10H2,1H3,(H,19,20). The molecule has 0 saturated heterocycles. The molecule has 0 bridgehead atoms. The molecule has 0 aliphatic carbocycles. The zero-order valence-corrected chi connectivity index (χ0v) is 13.0. The first-order valence-corrected chi connectivity index (χ1v) is 7.23. The van der Waals surface area contributed by atoms with E-state index < -0.39 is 0 Å². The molecule has 2 aromatic carbocycles. The molecule has 21 heavy (non-hydrogen) atoms. The maximum Gasteiger partial charge on any atom is 0.256 e. The van der Waals surface area contributed by atoms with Crippen LogP contribution in [0.4, 0.5) is 0 Å². The second-order valence-electron chi connectivity index (χ2n) is 4.43. The number of methoxy groups -OCH3 is 1. The highest BCUT2D eigenvalue weighted by Gasteiger charge is 2.18. The van der Waals surface area contributed by atoms with Gasteiger partial charge in [-0.15, -0.1) is 0 Å². The van der Waals surface area contributed by atoms with Crippen LogP contribution in [-0.2, 0) is 6.42 Å². The van der Waals surface area contributed by atoms with Crippen LogP contribution < -0.4 is 10.1 Å². The zero-order valence-electron chi connectivity index (χ0n) is 11.5. The Morgan fingerprint density at radius 3 is 2.43 bits per heavy atom. The van der Waals surface area contributed by atoms with E-state index in [-0.39, 0.29) is 11.5 Å². The van der Waals surface area contributed by atoms with Gasteiger partial charge >= 0.3 is 0 Å². The number of carbonyl (C=O) groups excluding carboxylic acids is 1. The normalized spacial score (nSPS) is 10.2. The third-order valence-electron chi connectivity index (χ3n) is 3.03. The van der Waals surface area contributed by atoms with E-state index in [4.69, 9.17) is 27.9 Å². The van der Waals surface area contributed by atoms with E-state index in [1.807, 2.05) is 30.3 Å². The number of amides is 1. The summed E-state index contributed by atoms with van der Waals surface area (Å²) in [5, 5.41) is 3.50. The lowest BCUT2D eigenvalue weighted by Crippen LogP contribution is -2.26. The fourth-order valence-corrected chi connectivity index (χ4v) is 2.47. The highest BCUT2D eigenvalue weighted by atomic mass is 35.5. The van der Waals surface area contributed by atoms with Crippen molar-refractivity contribution < 1.29 is 9.53 Å². The summed E-state index contributed by atoms with van der Waals surface area (Å²) in [7, 11) is 1.46. The summed E-state index contributed by atoms with van der Waals surface area (Å²) in [6.45, 7) is 0.509. The van der Waals surface area contributed by atoms with Gasteiger partial charge in [0.2, 0.25) is 0 Å². The lowest BCUT2D eigenvalue weighted by molar-refractivity contribution is 0.0951. The van der Waals surface area contributed by atoms with Gasteiger partial charge in [-0.1, -0.05) is 53.5 Å². The van der Waals surface area contributed by atoms with Gasteiger partial charge in [0.1, 0.15) is 5.56 Å². The van der Waals surface area contributed by atoms with E-state index in [1.165, 1.54) is 7.11 Å². The van der Waals surface area contributed by atoms with Crippen LogP contribution in [0.15, 0.2) is 42.5 Å². The van der Waals surface area contributed by atoms with E-state index in [1.54, 1.807) is 12.1 Å². The highest BCUT2D eigenvalue weighted by molar-refractivity contribution is 6.37. The SMILES string of the molecule is COc1c(Cl)ccc(Cl)c1C(=O)NCCc1ccccc1. The van der Waals surface area contributed by atoms with Crippen LogP contribution in [0.5, 0.6) is 5.75 Å². The Labute approximate surface area is 133 Å². The van der Waals surface area contributed by atoms with Crippen LogP contribution in [0.25, 0.3) is 0 Å². The van der Waals surface area contributed by atoms with Gasteiger partial charge in [-0.25, -0.2) is 0 Å². The molecule has 3 nitrogen and oxygen atoms in total. The number of ether oxygens (including phenoxy) is 1. The number of carbonyl (C=O) groups is 1. The van der Waals surface area contributed by atoms with Crippen molar-refractivity contribution in [2.45, 2.75) is 6.42 Å². The summed E-state index contributed by atoms with van der Waals surface area (Å²) in [4.78, 5) is 12.3. The molecule has 2 rings (SSSR count). The maximum absolute atomic E-state index is 12.3. The number of halogens is 2. The van der Waals surface area contributed by atoms with Crippen molar-refractivity contribution in [2.75, 3.05) is 13.7 Å². The zero-order chi connectivity index (χ0) is 15.2. The summed E-state index contributed by atoms with van der Waals surface area (Å²) in [5.41, 5.74) is 1.42. The van der Waals surface area contributed by atoms with Crippen LogP contribution in [-0.4, -0.2) is 19.6 Å². The van der Waals surface area contributed by atoms with Crippen molar-refractivity contribution in [3.05, 3.63) is 63.6 Å². The average Bonchev–Trinajstić information content (AvgIpc) is 2.50. The number of rotatable bonds is 5.